The fourth-order valence-corrected chi connectivity index (χ4v) is 3.69. The predicted octanol–water partition coefficient (Wildman–Crippen LogP) is 1.34. The lowest BCUT2D eigenvalue weighted by atomic mass is 10.0. The molecule has 0 bridgehead atoms. The van der Waals surface area contributed by atoms with Crippen LogP contribution in [0.15, 0.2) is 0 Å². The summed E-state index contributed by atoms with van der Waals surface area (Å²) < 4.78 is 0. The van der Waals surface area contributed by atoms with Crippen LogP contribution in [0.25, 0.3) is 0 Å². The lowest BCUT2D eigenvalue weighted by molar-refractivity contribution is -0.132. The van der Waals surface area contributed by atoms with Crippen molar-refractivity contribution in [2.75, 3.05) is 31.1 Å². The molecule has 0 aromatic rings. The molecule has 1 atom stereocenters. The molecule has 1 unspecified atom stereocenters. The van der Waals surface area contributed by atoms with Gasteiger partial charge in [0.1, 0.15) is 0 Å². The molecule has 3 nitrogen and oxygen atoms in total. The van der Waals surface area contributed by atoms with E-state index >= 15 is 0 Å². The van der Waals surface area contributed by atoms with Gasteiger partial charge < -0.3 is 10.2 Å². The van der Waals surface area contributed by atoms with Gasteiger partial charge in [0.15, 0.2) is 0 Å². The number of hydrogen-bond acceptors (Lipinski definition) is 3. The van der Waals surface area contributed by atoms with Gasteiger partial charge in [-0.1, -0.05) is 0 Å². The van der Waals surface area contributed by atoms with Crippen LogP contribution in [0.3, 0.4) is 0 Å². The average molecular weight is 242 g/mol. The number of thioether (sulfide) groups is 1. The SMILES string of the molecule is CC1NCCCN(CC2CCSCC2)C1=O. The minimum Gasteiger partial charge on any atom is -0.341 e. The third-order valence-corrected chi connectivity index (χ3v) is 4.61. The molecule has 4 heteroatoms. The van der Waals surface area contributed by atoms with E-state index in [-0.39, 0.29) is 6.04 Å². The molecule has 2 fully saturated rings. The highest BCUT2D eigenvalue weighted by molar-refractivity contribution is 7.99. The number of nitrogens with zero attached hydrogens (tertiary/aromatic N) is 1. The van der Waals surface area contributed by atoms with Crippen LogP contribution in [-0.2, 0) is 4.79 Å². The molecule has 2 aliphatic rings. The second-order valence-corrected chi connectivity index (χ2v) is 6.09. The summed E-state index contributed by atoms with van der Waals surface area (Å²) in [5.41, 5.74) is 0. The Morgan fingerprint density at radius 1 is 1.44 bits per heavy atom. The fourth-order valence-electron chi connectivity index (χ4n) is 2.48. The minimum atomic E-state index is 0.0143. The van der Waals surface area contributed by atoms with Gasteiger partial charge in [-0.25, -0.2) is 0 Å². The normalized spacial score (nSPS) is 29.2. The van der Waals surface area contributed by atoms with E-state index in [9.17, 15) is 4.79 Å². The highest BCUT2D eigenvalue weighted by Gasteiger charge is 2.25. The van der Waals surface area contributed by atoms with Crippen molar-refractivity contribution in [3.63, 3.8) is 0 Å². The highest BCUT2D eigenvalue weighted by atomic mass is 32.2. The summed E-state index contributed by atoms with van der Waals surface area (Å²) in [6, 6.07) is 0.0143. The van der Waals surface area contributed by atoms with Gasteiger partial charge in [-0.2, -0.15) is 11.8 Å². The number of amides is 1. The van der Waals surface area contributed by atoms with Gasteiger partial charge in [0.25, 0.3) is 0 Å². The van der Waals surface area contributed by atoms with E-state index in [1.165, 1.54) is 24.3 Å². The van der Waals surface area contributed by atoms with Crippen molar-refractivity contribution in [2.24, 2.45) is 5.92 Å². The number of rotatable bonds is 2. The van der Waals surface area contributed by atoms with E-state index in [1.54, 1.807) is 0 Å². The second-order valence-electron chi connectivity index (χ2n) is 4.87. The molecule has 1 N–H and O–H groups in total. The molecular weight excluding hydrogens is 220 g/mol. The Balaban J connectivity index is 1.88. The van der Waals surface area contributed by atoms with E-state index in [2.05, 4.69) is 22.0 Å². The van der Waals surface area contributed by atoms with E-state index in [4.69, 9.17) is 0 Å². The molecule has 2 aliphatic heterocycles. The molecule has 16 heavy (non-hydrogen) atoms. The topological polar surface area (TPSA) is 32.3 Å². The standard InChI is InChI=1S/C12H22N2OS/c1-10-12(15)14(6-2-5-13-10)9-11-3-7-16-8-4-11/h10-11,13H,2-9H2,1H3. The molecule has 2 rings (SSSR count). The summed E-state index contributed by atoms with van der Waals surface area (Å²) in [4.78, 5) is 14.2. The van der Waals surface area contributed by atoms with Crippen LogP contribution in [0.1, 0.15) is 26.2 Å². The Labute approximate surface area is 102 Å². The Hall–Kier alpha value is -0.220. The molecule has 2 saturated heterocycles. The van der Waals surface area contributed by atoms with Crippen molar-refractivity contribution in [2.45, 2.75) is 32.2 Å². The van der Waals surface area contributed by atoms with Gasteiger partial charge in [-0.15, -0.1) is 0 Å². The van der Waals surface area contributed by atoms with Crippen LogP contribution < -0.4 is 5.32 Å². The Bertz CT molecular complexity index is 241. The molecule has 0 spiro atoms. The molecule has 0 aromatic heterocycles. The maximum atomic E-state index is 12.1. The van der Waals surface area contributed by atoms with Crippen molar-refractivity contribution in [1.29, 1.82) is 0 Å². The quantitative estimate of drug-likeness (QED) is 0.793. The van der Waals surface area contributed by atoms with Crippen molar-refractivity contribution in [1.82, 2.24) is 10.2 Å². The Kier molecular flexibility index (Phi) is 4.53. The maximum Gasteiger partial charge on any atom is 0.239 e. The molecule has 0 aliphatic carbocycles. The molecule has 92 valence electrons. The summed E-state index contributed by atoms with van der Waals surface area (Å²) in [5, 5.41) is 3.27. The van der Waals surface area contributed by atoms with E-state index in [0.29, 0.717) is 5.91 Å². The number of nitrogens with one attached hydrogen (secondary N) is 1. The average Bonchev–Trinajstić information content (AvgIpc) is 2.46. The Morgan fingerprint density at radius 3 is 2.94 bits per heavy atom. The zero-order valence-electron chi connectivity index (χ0n) is 10.1. The number of carbonyl (C=O) groups is 1. The second kappa shape index (κ2) is 5.92. The van der Waals surface area contributed by atoms with Crippen LogP contribution in [0.4, 0.5) is 0 Å². The summed E-state index contributed by atoms with van der Waals surface area (Å²) in [7, 11) is 0. The summed E-state index contributed by atoms with van der Waals surface area (Å²) in [5.74, 6) is 3.60. The molecule has 0 aromatic carbocycles. The van der Waals surface area contributed by atoms with Crippen molar-refractivity contribution >= 4 is 17.7 Å². The summed E-state index contributed by atoms with van der Waals surface area (Å²) in [6.45, 7) is 4.90. The van der Waals surface area contributed by atoms with Crippen LogP contribution in [0, 0.1) is 5.92 Å². The first-order valence-electron chi connectivity index (χ1n) is 6.37. The van der Waals surface area contributed by atoms with Crippen LogP contribution in [0.5, 0.6) is 0 Å². The first-order chi connectivity index (χ1) is 7.77. The van der Waals surface area contributed by atoms with Crippen LogP contribution >= 0.6 is 11.8 Å². The largest absolute Gasteiger partial charge is 0.341 e. The van der Waals surface area contributed by atoms with Crippen molar-refractivity contribution in [3.05, 3.63) is 0 Å². The molecule has 0 radical (unpaired) electrons. The zero-order chi connectivity index (χ0) is 11.4. The molecule has 1 amide bonds. The molecule has 0 saturated carbocycles. The smallest absolute Gasteiger partial charge is 0.239 e. The maximum absolute atomic E-state index is 12.1. The van der Waals surface area contributed by atoms with E-state index in [0.717, 1.165) is 32.0 Å². The Morgan fingerprint density at radius 2 is 2.19 bits per heavy atom. The molecular formula is C12H22N2OS. The number of carbonyl (C=O) groups excluding carboxylic acids is 1. The van der Waals surface area contributed by atoms with Crippen LogP contribution in [0.2, 0.25) is 0 Å². The van der Waals surface area contributed by atoms with Gasteiger partial charge in [-0.05, 0) is 50.2 Å². The van der Waals surface area contributed by atoms with Gasteiger partial charge >= 0.3 is 0 Å². The molecule has 2 heterocycles. The summed E-state index contributed by atoms with van der Waals surface area (Å²) in [6.07, 6.45) is 3.67. The third kappa shape index (κ3) is 3.14. The van der Waals surface area contributed by atoms with Gasteiger partial charge in [0.2, 0.25) is 5.91 Å². The first kappa shape index (κ1) is 12.2. The van der Waals surface area contributed by atoms with E-state index in [1.807, 2.05) is 6.92 Å². The summed E-state index contributed by atoms with van der Waals surface area (Å²) >= 11 is 2.05. The van der Waals surface area contributed by atoms with Crippen molar-refractivity contribution in [3.8, 4) is 0 Å². The monoisotopic (exact) mass is 242 g/mol. The number of hydrogen-bond donors (Lipinski definition) is 1. The first-order valence-corrected chi connectivity index (χ1v) is 7.53. The van der Waals surface area contributed by atoms with Gasteiger partial charge in [-0.3, -0.25) is 4.79 Å². The predicted molar refractivity (Wildman–Crippen MR) is 68.7 cm³/mol. The van der Waals surface area contributed by atoms with Gasteiger partial charge in [0, 0.05) is 13.1 Å². The third-order valence-electron chi connectivity index (χ3n) is 3.56. The fraction of sp³-hybridized carbons (Fsp3) is 0.917. The minimum absolute atomic E-state index is 0.0143. The highest BCUT2D eigenvalue weighted by Crippen LogP contribution is 2.24. The van der Waals surface area contributed by atoms with Crippen LogP contribution in [-0.4, -0.2) is 48.0 Å². The van der Waals surface area contributed by atoms with Gasteiger partial charge in [0.05, 0.1) is 6.04 Å². The zero-order valence-corrected chi connectivity index (χ0v) is 10.9. The van der Waals surface area contributed by atoms with Crippen molar-refractivity contribution < 1.29 is 4.79 Å². The lowest BCUT2D eigenvalue weighted by Crippen LogP contribution is -2.44. The van der Waals surface area contributed by atoms with E-state index < -0.39 is 0 Å². The lowest BCUT2D eigenvalue weighted by Gasteiger charge is -2.29.